The first kappa shape index (κ1) is 21.2. The van der Waals surface area contributed by atoms with E-state index in [-0.39, 0.29) is 6.04 Å². The van der Waals surface area contributed by atoms with Gasteiger partial charge < -0.3 is 19.7 Å². The van der Waals surface area contributed by atoms with Gasteiger partial charge in [-0.15, -0.1) is 10.2 Å². The molecular weight excluding hydrogens is 414 g/mol. The monoisotopic (exact) mass is 437 g/mol. The standard InChI is InChI=1S/C23H24ClN5O2/c1-25-16-7-8-18-19(12-16)22(26-13-15-6-9-21(31-3)20(24)11-15)27-28-23(18)29-10-4-5-17(29)14-30-2/h6-9,11-12,17H,4-5,10,13-14H2,2-3H3,(H,26,27)/t17-/m0/s1. The van der Waals surface area contributed by atoms with Crippen LogP contribution in [0.3, 0.4) is 0 Å². The highest BCUT2D eigenvalue weighted by Crippen LogP contribution is 2.35. The normalized spacial score (nSPS) is 15.8. The fourth-order valence-electron chi connectivity index (χ4n) is 4.03. The lowest BCUT2D eigenvalue weighted by atomic mass is 10.1. The van der Waals surface area contributed by atoms with Crippen LogP contribution in [0.1, 0.15) is 18.4 Å². The minimum absolute atomic E-state index is 0.281. The van der Waals surface area contributed by atoms with E-state index in [4.69, 9.17) is 27.6 Å². The van der Waals surface area contributed by atoms with Crippen molar-refractivity contribution in [2.45, 2.75) is 25.4 Å². The molecule has 1 N–H and O–H groups in total. The highest BCUT2D eigenvalue weighted by Gasteiger charge is 2.27. The molecule has 0 amide bonds. The predicted molar refractivity (Wildman–Crippen MR) is 123 cm³/mol. The summed E-state index contributed by atoms with van der Waals surface area (Å²) in [5.41, 5.74) is 1.56. The van der Waals surface area contributed by atoms with Gasteiger partial charge in [0.15, 0.2) is 17.3 Å². The average molecular weight is 438 g/mol. The van der Waals surface area contributed by atoms with E-state index in [2.05, 4.69) is 25.3 Å². The Hall–Kier alpha value is -3.08. The van der Waals surface area contributed by atoms with Crippen LogP contribution in [0.5, 0.6) is 5.75 Å². The number of methoxy groups -OCH3 is 2. The van der Waals surface area contributed by atoms with Crippen LogP contribution in [0, 0.1) is 6.57 Å². The van der Waals surface area contributed by atoms with Crippen molar-refractivity contribution in [2.24, 2.45) is 0 Å². The fraction of sp³-hybridized carbons (Fsp3) is 0.348. The summed E-state index contributed by atoms with van der Waals surface area (Å²) in [7, 11) is 3.32. The maximum absolute atomic E-state index is 7.41. The molecule has 8 heteroatoms. The van der Waals surface area contributed by atoms with Gasteiger partial charge in [-0.05, 0) is 36.6 Å². The summed E-state index contributed by atoms with van der Waals surface area (Å²) in [4.78, 5) is 5.86. The van der Waals surface area contributed by atoms with Gasteiger partial charge in [-0.3, -0.25) is 0 Å². The molecule has 7 nitrogen and oxygen atoms in total. The van der Waals surface area contributed by atoms with Gasteiger partial charge in [0.05, 0.1) is 31.4 Å². The summed E-state index contributed by atoms with van der Waals surface area (Å²) in [5.74, 6) is 2.11. The lowest BCUT2D eigenvalue weighted by molar-refractivity contribution is 0.180. The molecule has 1 fully saturated rings. The summed E-state index contributed by atoms with van der Waals surface area (Å²) in [6, 6.07) is 11.6. The number of rotatable bonds is 7. The number of nitrogens with zero attached hydrogens (tertiary/aromatic N) is 4. The number of anilines is 2. The maximum atomic E-state index is 7.41. The first-order valence-corrected chi connectivity index (χ1v) is 10.5. The highest BCUT2D eigenvalue weighted by atomic mass is 35.5. The first-order chi connectivity index (χ1) is 15.1. The van der Waals surface area contributed by atoms with Crippen molar-refractivity contribution in [2.75, 3.05) is 37.6 Å². The van der Waals surface area contributed by atoms with E-state index in [9.17, 15) is 0 Å². The Morgan fingerprint density at radius 1 is 1.19 bits per heavy atom. The van der Waals surface area contributed by atoms with Gasteiger partial charge in [0.25, 0.3) is 0 Å². The van der Waals surface area contributed by atoms with Gasteiger partial charge in [-0.25, -0.2) is 4.85 Å². The minimum Gasteiger partial charge on any atom is -0.495 e. The van der Waals surface area contributed by atoms with Crippen molar-refractivity contribution in [3.8, 4) is 5.75 Å². The molecule has 2 heterocycles. The van der Waals surface area contributed by atoms with E-state index in [1.54, 1.807) is 14.2 Å². The number of benzene rings is 2. The van der Waals surface area contributed by atoms with Crippen LogP contribution in [0.25, 0.3) is 15.6 Å². The quantitative estimate of drug-likeness (QED) is 0.520. The smallest absolute Gasteiger partial charge is 0.188 e. The SMILES string of the molecule is [C-]#[N+]c1ccc2c(N3CCC[C@H]3COC)nnc(NCc3ccc(OC)c(Cl)c3)c2c1. The second kappa shape index (κ2) is 9.38. The van der Waals surface area contributed by atoms with Crippen LogP contribution in [-0.4, -0.2) is 43.6 Å². The number of hydrogen-bond acceptors (Lipinski definition) is 6. The number of aromatic nitrogens is 2. The molecule has 3 aromatic rings. The van der Waals surface area contributed by atoms with Crippen molar-refractivity contribution in [3.05, 3.63) is 58.4 Å². The van der Waals surface area contributed by atoms with Crippen molar-refractivity contribution >= 4 is 39.7 Å². The number of ether oxygens (including phenoxy) is 2. The van der Waals surface area contributed by atoms with Crippen molar-refractivity contribution in [1.29, 1.82) is 0 Å². The lowest BCUT2D eigenvalue weighted by Gasteiger charge is -2.26. The van der Waals surface area contributed by atoms with Gasteiger partial charge in [-0.2, -0.15) is 0 Å². The molecule has 4 rings (SSSR count). The van der Waals surface area contributed by atoms with E-state index < -0.39 is 0 Å². The second-order valence-corrected chi connectivity index (χ2v) is 7.89. The zero-order valence-corrected chi connectivity index (χ0v) is 18.3. The minimum atomic E-state index is 0.281. The second-order valence-electron chi connectivity index (χ2n) is 7.48. The Balaban J connectivity index is 1.68. The highest BCUT2D eigenvalue weighted by molar-refractivity contribution is 6.32. The van der Waals surface area contributed by atoms with E-state index in [0.29, 0.717) is 35.4 Å². The largest absolute Gasteiger partial charge is 0.495 e. The van der Waals surface area contributed by atoms with Crippen molar-refractivity contribution in [1.82, 2.24) is 10.2 Å². The molecule has 160 valence electrons. The van der Waals surface area contributed by atoms with Crippen molar-refractivity contribution < 1.29 is 9.47 Å². The van der Waals surface area contributed by atoms with Gasteiger partial charge >= 0.3 is 0 Å². The molecule has 2 aromatic carbocycles. The van der Waals surface area contributed by atoms with E-state index in [1.165, 1.54) is 0 Å². The van der Waals surface area contributed by atoms with Gasteiger partial charge in [0.1, 0.15) is 5.75 Å². The molecule has 1 aromatic heterocycles. The zero-order valence-electron chi connectivity index (χ0n) is 17.6. The summed E-state index contributed by atoms with van der Waals surface area (Å²) in [5, 5.41) is 14.8. The molecule has 0 bridgehead atoms. The molecule has 1 atom stereocenters. The van der Waals surface area contributed by atoms with Crippen LogP contribution < -0.4 is 15.0 Å². The third-order valence-electron chi connectivity index (χ3n) is 5.56. The molecule has 0 saturated carbocycles. The van der Waals surface area contributed by atoms with Gasteiger partial charge in [0, 0.05) is 31.0 Å². The van der Waals surface area contributed by atoms with Crippen LogP contribution in [-0.2, 0) is 11.3 Å². The molecule has 0 radical (unpaired) electrons. The lowest BCUT2D eigenvalue weighted by Crippen LogP contribution is -2.33. The zero-order chi connectivity index (χ0) is 21.8. The number of halogens is 1. The first-order valence-electron chi connectivity index (χ1n) is 10.1. The third-order valence-corrected chi connectivity index (χ3v) is 5.85. The summed E-state index contributed by atoms with van der Waals surface area (Å²) < 4.78 is 10.6. The maximum Gasteiger partial charge on any atom is 0.188 e. The summed E-state index contributed by atoms with van der Waals surface area (Å²) in [6.07, 6.45) is 2.16. The number of nitrogens with one attached hydrogen (secondary N) is 1. The van der Waals surface area contributed by atoms with E-state index in [0.717, 1.165) is 41.5 Å². The predicted octanol–water partition coefficient (Wildman–Crippen LogP) is 5.07. The van der Waals surface area contributed by atoms with Crippen LogP contribution in [0.2, 0.25) is 5.02 Å². The Bertz CT molecular complexity index is 1130. The molecule has 1 saturated heterocycles. The van der Waals surface area contributed by atoms with Crippen LogP contribution in [0.15, 0.2) is 36.4 Å². The van der Waals surface area contributed by atoms with Gasteiger partial charge in [-0.1, -0.05) is 29.8 Å². The summed E-state index contributed by atoms with van der Waals surface area (Å²) in [6.45, 7) is 9.50. The molecule has 0 spiro atoms. The number of hydrogen-bond donors (Lipinski definition) is 1. The Kier molecular flexibility index (Phi) is 6.40. The number of fused-ring (bicyclic) bond motifs is 1. The van der Waals surface area contributed by atoms with Crippen LogP contribution >= 0.6 is 11.6 Å². The molecule has 1 aliphatic heterocycles. The Morgan fingerprint density at radius 3 is 2.81 bits per heavy atom. The molecular formula is C23H24ClN5O2. The molecule has 0 unspecified atom stereocenters. The fourth-order valence-corrected chi connectivity index (χ4v) is 4.31. The van der Waals surface area contributed by atoms with Crippen molar-refractivity contribution in [3.63, 3.8) is 0 Å². The topological polar surface area (TPSA) is 63.9 Å². The van der Waals surface area contributed by atoms with E-state index >= 15 is 0 Å². The van der Waals surface area contributed by atoms with Crippen LogP contribution in [0.4, 0.5) is 17.3 Å². The van der Waals surface area contributed by atoms with E-state index in [1.807, 2.05) is 36.4 Å². The molecule has 31 heavy (non-hydrogen) atoms. The Labute approximate surface area is 186 Å². The third kappa shape index (κ3) is 4.36. The average Bonchev–Trinajstić information content (AvgIpc) is 3.25. The summed E-state index contributed by atoms with van der Waals surface area (Å²) >= 11 is 6.25. The van der Waals surface area contributed by atoms with Gasteiger partial charge in [0.2, 0.25) is 0 Å². The molecule has 1 aliphatic rings. The molecule has 0 aliphatic carbocycles. The Morgan fingerprint density at radius 2 is 2.06 bits per heavy atom.